The average Bonchev–Trinajstić information content (AvgIpc) is 2.18. The zero-order chi connectivity index (χ0) is 13.1. The van der Waals surface area contributed by atoms with Gasteiger partial charge in [-0.05, 0) is 38.5 Å². The molecular formula is C12H17NO3S. The summed E-state index contributed by atoms with van der Waals surface area (Å²) in [6.07, 6.45) is -0.591. The lowest BCUT2D eigenvalue weighted by Crippen LogP contribution is -2.27. The van der Waals surface area contributed by atoms with Crippen LogP contribution in [0.15, 0.2) is 18.2 Å². The molecule has 17 heavy (non-hydrogen) atoms. The summed E-state index contributed by atoms with van der Waals surface area (Å²) in [5.41, 5.74) is 0.635. The maximum atomic E-state index is 11.5. The highest BCUT2D eigenvalue weighted by molar-refractivity contribution is 7.79. The summed E-state index contributed by atoms with van der Waals surface area (Å²) in [4.78, 5) is 11.5. The largest absolute Gasteiger partial charge is 0.506 e. The first-order valence-corrected chi connectivity index (χ1v) is 5.88. The highest BCUT2D eigenvalue weighted by atomic mass is 32.1. The predicted molar refractivity (Wildman–Crippen MR) is 70.7 cm³/mol. The fourth-order valence-electron chi connectivity index (χ4n) is 1.19. The van der Waals surface area contributed by atoms with Crippen molar-refractivity contribution in [1.82, 2.24) is 0 Å². The molecule has 0 radical (unpaired) electrons. The zero-order valence-corrected chi connectivity index (χ0v) is 11.0. The van der Waals surface area contributed by atoms with Crippen LogP contribution in [-0.4, -0.2) is 16.8 Å². The van der Waals surface area contributed by atoms with Crippen LogP contribution in [0.2, 0.25) is 0 Å². The van der Waals surface area contributed by atoms with E-state index in [4.69, 9.17) is 4.74 Å². The summed E-state index contributed by atoms with van der Waals surface area (Å²) < 4.78 is 5.08. The minimum Gasteiger partial charge on any atom is -0.506 e. The summed E-state index contributed by atoms with van der Waals surface area (Å²) in [5.74, 6) is 0.530. The number of ether oxygens (including phenoxy) is 1. The maximum Gasteiger partial charge on any atom is 0.412 e. The Hall–Kier alpha value is -1.36. The standard InChI is InChI=1S/C12H17NO3S/c1-12(2,3)16-11(15)13-9-5-4-8(7-17)6-10(9)14/h4-6,14,17H,7H2,1-3H3,(H,13,15). The number of amides is 1. The van der Waals surface area contributed by atoms with Crippen molar-refractivity contribution in [2.45, 2.75) is 32.1 Å². The van der Waals surface area contributed by atoms with Gasteiger partial charge in [-0.25, -0.2) is 4.79 Å². The number of phenols is 1. The van der Waals surface area contributed by atoms with E-state index in [-0.39, 0.29) is 5.75 Å². The molecule has 0 unspecified atom stereocenters. The Bertz CT molecular complexity index is 413. The molecule has 0 heterocycles. The zero-order valence-electron chi connectivity index (χ0n) is 10.2. The molecule has 2 N–H and O–H groups in total. The van der Waals surface area contributed by atoms with Gasteiger partial charge < -0.3 is 9.84 Å². The molecule has 0 fully saturated rings. The van der Waals surface area contributed by atoms with Gasteiger partial charge in [0.2, 0.25) is 0 Å². The molecule has 0 saturated heterocycles. The van der Waals surface area contributed by atoms with Crippen molar-refractivity contribution in [3.8, 4) is 5.75 Å². The van der Waals surface area contributed by atoms with Gasteiger partial charge in [-0.15, -0.1) is 0 Å². The lowest BCUT2D eigenvalue weighted by molar-refractivity contribution is 0.0635. The van der Waals surface area contributed by atoms with Gasteiger partial charge in [0.1, 0.15) is 11.4 Å². The first-order chi connectivity index (χ1) is 7.81. The van der Waals surface area contributed by atoms with Crippen LogP contribution in [-0.2, 0) is 10.5 Å². The third kappa shape index (κ3) is 4.56. The van der Waals surface area contributed by atoms with Gasteiger partial charge in [-0.3, -0.25) is 5.32 Å². The number of aromatic hydroxyl groups is 1. The van der Waals surface area contributed by atoms with Gasteiger partial charge in [0.15, 0.2) is 0 Å². The van der Waals surface area contributed by atoms with E-state index >= 15 is 0 Å². The van der Waals surface area contributed by atoms with Crippen molar-refractivity contribution in [3.63, 3.8) is 0 Å². The molecule has 0 atom stereocenters. The highest BCUT2D eigenvalue weighted by Crippen LogP contribution is 2.25. The lowest BCUT2D eigenvalue weighted by atomic mass is 10.2. The molecule has 1 amide bonds. The number of carbonyl (C=O) groups excluding carboxylic acids is 1. The Labute approximate surface area is 106 Å². The number of anilines is 1. The second-order valence-corrected chi connectivity index (χ2v) is 4.95. The van der Waals surface area contributed by atoms with Crippen LogP contribution < -0.4 is 5.32 Å². The second kappa shape index (κ2) is 5.31. The number of benzene rings is 1. The van der Waals surface area contributed by atoms with Crippen molar-refractivity contribution >= 4 is 24.4 Å². The van der Waals surface area contributed by atoms with E-state index in [9.17, 15) is 9.90 Å². The Balaban J connectivity index is 2.72. The van der Waals surface area contributed by atoms with E-state index in [1.54, 1.807) is 39.0 Å². The van der Waals surface area contributed by atoms with E-state index in [0.29, 0.717) is 11.4 Å². The smallest absolute Gasteiger partial charge is 0.412 e. The van der Waals surface area contributed by atoms with Crippen molar-refractivity contribution in [2.75, 3.05) is 5.32 Å². The van der Waals surface area contributed by atoms with Gasteiger partial charge >= 0.3 is 6.09 Å². The topological polar surface area (TPSA) is 58.6 Å². The fraction of sp³-hybridized carbons (Fsp3) is 0.417. The average molecular weight is 255 g/mol. The highest BCUT2D eigenvalue weighted by Gasteiger charge is 2.17. The van der Waals surface area contributed by atoms with Gasteiger partial charge in [0.05, 0.1) is 5.69 Å². The number of nitrogens with one attached hydrogen (secondary N) is 1. The Morgan fingerprint density at radius 3 is 2.59 bits per heavy atom. The van der Waals surface area contributed by atoms with Crippen LogP contribution in [0.1, 0.15) is 26.3 Å². The summed E-state index contributed by atoms with van der Waals surface area (Å²) in [5, 5.41) is 12.1. The van der Waals surface area contributed by atoms with Crippen LogP contribution in [0.4, 0.5) is 10.5 Å². The predicted octanol–water partition coefficient (Wildman–Crippen LogP) is 3.17. The van der Waals surface area contributed by atoms with Gasteiger partial charge in [0, 0.05) is 5.75 Å². The maximum absolute atomic E-state index is 11.5. The summed E-state index contributed by atoms with van der Waals surface area (Å²) >= 11 is 4.09. The van der Waals surface area contributed by atoms with Crippen molar-refractivity contribution < 1.29 is 14.6 Å². The molecule has 0 spiro atoms. The summed E-state index contributed by atoms with van der Waals surface area (Å²) in [7, 11) is 0. The number of rotatable bonds is 2. The third-order valence-corrected chi connectivity index (χ3v) is 2.25. The Morgan fingerprint density at radius 1 is 1.47 bits per heavy atom. The molecule has 0 saturated carbocycles. The van der Waals surface area contributed by atoms with Crippen molar-refractivity contribution in [3.05, 3.63) is 23.8 Å². The lowest BCUT2D eigenvalue weighted by Gasteiger charge is -2.20. The normalized spacial score (nSPS) is 11.1. The van der Waals surface area contributed by atoms with E-state index < -0.39 is 11.7 Å². The van der Waals surface area contributed by atoms with E-state index in [0.717, 1.165) is 5.56 Å². The number of hydrogen-bond donors (Lipinski definition) is 3. The molecular weight excluding hydrogens is 238 g/mol. The summed E-state index contributed by atoms with van der Waals surface area (Å²) in [6.45, 7) is 5.32. The molecule has 0 aliphatic heterocycles. The van der Waals surface area contributed by atoms with Gasteiger partial charge in [0.25, 0.3) is 0 Å². The minimum absolute atomic E-state index is 0.00223. The molecule has 0 aliphatic carbocycles. The Morgan fingerprint density at radius 2 is 2.12 bits per heavy atom. The van der Waals surface area contributed by atoms with E-state index in [2.05, 4.69) is 17.9 Å². The monoisotopic (exact) mass is 255 g/mol. The number of carbonyl (C=O) groups is 1. The van der Waals surface area contributed by atoms with Gasteiger partial charge in [-0.1, -0.05) is 6.07 Å². The number of thiol groups is 1. The molecule has 1 aromatic rings. The van der Waals surface area contributed by atoms with Crippen LogP contribution in [0.3, 0.4) is 0 Å². The molecule has 4 nitrogen and oxygen atoms in total. The third-order valence-electron chi connectivity index (χ3n) is 1.88. The SMILES string of the molecule is CC(C)(C)OC(=O)Nc1ccc(CS)cc1O. The Kier molecular flexibility index (Phi) is 4.28. The van der Waals surface area contributed by atoms with E-state index in [1.165, 1.54) is 0 Å². The first-order valence-electron chi connectivity index (χ1n) is 5.24. The molecule has 1 rings (SSSR count). The second-order valence-electron chi connectivity index (χ2n) is 4.64. The van der Waals surface area contributed by atoms with Crippen LogP contribution in [0, 0.1) is 0 Å². The molecule has 0 aromatic heterocycles. The van der Waals surface area contributed by atoms with Gasteiger partial charge in [-0.2, -0.15) is 12.6 Å². The minimum atomic E-state index is -0.591. The van der Waals surface area contributed by atoms with Crippen molar-refractivity contribution in [1.29, 1.82) is 0 Å². The molecule has 0 bridgehead atoms. The molecule has 94 valence electrons. The number of phenolic OH excluding ortho intramolecular Hbond substituents is 1. The van der Waals surface area contributed by atoms with Crippen LogP contribution in [0.25, 0.3) is 0 Å². The first kappa shape index (κ1) is 13.7. The molecule has 5 heteroatoms. The fourth-order valence-corrected chi connectivity index (χ4v) is 1.39. The van der Waals surface area contributed by atoms with E-state index in [1.807, 2.05) is 0 Å². The van der Waals surface area contributed by atoms with Crippen LogP contribution in [0.5, 0.6) is 5.75 Å². The summed E-state index contributed by atoms with van der Waals surface area (Å²) in [6, 6.07) is 4.95. The molecule has 0 aliphatic rings. The van der Waals surface area contributed by atoms with Crippen LogP contribution >= 0.6 is 12.6 Å². The number of hydrogen-bond acceptors (Lipinski definition) is 4. The quantitative estimate of drug-likeness (QED) is 0.562. The molecule has 1 aromatic carbocycles. The van der Waals surface area contributed by atoms with Crippen molar-refractivity contribution in [2.24, 2.45) is 0 Å².